The molecule has 1 aliphatic heterocycles. The van der Waals surface area contributed by atoms with Crippen LogP contribution in [0.2, 0.25) is 0 Å². The van der Waals surface area contributed by atoms with Crippen molar-refractivity contribution in [1.29, 1.82) is 0 Å². The summed E-state index contributed by atoms with van der Waals surface area (Å²) in [7, 11) is 0. The van der Waals surface area contributed by atoms with Gasteiger partial charge in [0.05, 0.1) is 18.4 Å². The van der Waals surface area contributed by atoms with Gasteiger partial charge in [-0.05, 0) is 0 Å². The molecule has 21 heavy (non-hydrogen) atoms. The van der Waals surface area contributed by atoms with E-state index in [4.69, 9.17) is 0 Å². The number of aromatic nitrogens is 3. The van der Waals surface area contributed by atoms with Gasteiger partial charge in [-0.1, -0.05) is 11.3 Å². The number of nitrogens with one attached hydrogen (secondary N) is 1. The summed E-state index contributed by atoms with van der Waals surface area (Å²) in [4.78, 5) is 38.4. The number of hydrogen-bond acceptors (Lipinski definition) is 6. The molecule has 2 amide bonds. The maximum atomic E-state index is 12.3. The van der Waals surface area contributed by atoms with Crippen LogP contribution in [0.15, 0.2) is 18.6 Å². The van der Waals surface area contributed by atoms with E-state index in [1.54, 1.807) is 4.90 Å². The van der Waals surface area contributed by atoms with Gasteiger partial charge in [0.2, 0.25) is 5.91 Å². The Labute approximate surface area is 125 Å². The monoisotopic (exact) mass is 303 g/mol. The normalized spacial score (nSPS) is 13.7. The van der Waals surface area contributed by atoms with E-state index in [1.165, 1.54) is 36.9 Å². The molecule has 8 heteroatoms. The fraction of sp³-hybridized carbons (Fsp3) is 0.308. The smallest absolute Gasteiger partial charge is 0.274 e. The van der Waals surface area contributed by atoms with Crippen LogP contribution < -0.4 is 5.32 Å². The van der Waals surface area contributed by atoms with Gasteiger partial charge < -0.3 is 10.2 Å². The summed E-state index contributed by atoms with van der Waals surface area (Å²) in [6.07, 6.45) is 5.18. The molecule has 3 rings (SSSR count). The highest BCUT2D eigenvalue weighted by molar-refractivity contribution is 7.15. The molecule has 0 aromatic carbocycles. The van der Waals surface area contributed by atoms with Crippen molar-refractivity contribution in [2.24, 2.45) is 0 Å². The summed E-state index contributed by atoms with van der Waals surface area (Å²) in [5.41, 5.74) is 1.29. The summed E-state index contributed by atoms with van der Waals surface area (Å²) in [6.45, 7) is 2.53. The largest absolute Gasteiger partial charge is 0.332 e. The number of amides is 2. The van der Waals surface area contributed by atoms with E-state index in [2.05, 4.69) is 20.3 Å². The number of anilines is 1. The van der Waals surface area contributed by atoms with Crippen LogP contribution in [0.3, 0.4) is 0 Å². The van der Waals surface area contributed by atoms with Crippen molar-refractivity contribution in [3.8, 4) is 0 Å². The van der Waals surface area contributed by atoms with Gasteiger partial charge >= 0.3 is 0 Å². The first-order valence-corrected chi connectivity index (χ1v) is 7.26. The van der Waals surface area contributed by atoms with Gasteiger partial charge in [0, 0.05) is 37.2 Å². The zero-order chi connectivity index (χ0) is 14.8. The third kappa shape index (κ3) is 2.89. The van der Waals surface area contributed by atoms with Crippen molar-refractivity contribution >= 4 is 28.3 Å². The van der Waals surface area contributed by atoms with Crippen molar-refractivity contribution in [2.45, 2.75) is 19.9 Å². The Hall–Kier alpha value is -2.35. The van der Waals surface area contributed by atoms with E-state index in [0.717, 1.165) is 10.6 Å². The lowest BCUT2D eigenvalue weighted by Crippen LogP contribution is -2.36. The van der Waals surface area contributed by atoms with Crippen LogP contribution >= 0.6 is 11.3 Å². The topological polar surface area (TPSA) is 88.1 Å². The lowest BCUT2D eigenvalue weighted by molar-refractivity contribution is -0.114. The van der Waals surface area contributed by atoms with Crippen molar-refractivity contribution in [3.05, 3.63) is 34.9 Å². The second kappa shape index (κ2) is 5.57. The fourth-order valence-corrected chi connectivity index (χ4v) is 3.21. The van der Waals surface area contributed by atoms with E-state index >= 15 is 0 Å². The molecule has 1 N–H and O–H groups in total. The standard InChI is InChI=1S/C13H13N5O2S/c1-8(19)16-13-17-9-2-5-18(7-11(9)21-13)12(20)10-6-14-3-4-15-10/h3-4,6H,2,5,7H2,1H3,(H,16,17,19). The summed E-state index contributed by atoms with van der Waals surface area (Å²) in [5.74, 6) is -0.281. The molecule has 7 nitrogen and oxygen atoms in total. The van der Waals surface area contributed by atoms with Gasteiger partial charge in [0.15, 0.2) is 5.13 Å². The van der Waals surface area contributed by atoms with Crippen LogP contribution in [0.4, 0.5) is 5.13 Å². The van der Waals surface area contributed by atoms with Gasteiger partial charge in [-0.25, -0.2) is 9.97 Å². The first-order chi connectivity index (χ1) is 10.1. The molecule has 2 aromatic rings. The van der Waals surface area contributed by atoms with Gasteiger partial charge in [0.1, 0.15) is 5.69 Å². The highest BCUT2D eigenvalue weighted by Gasteiger charge is 2.25. The number of carbonyl (C=O) groups excluding carboxylic acids is 2. The molecule has 2 aromatic heterocycles. The van der Waals surface area contributed by atoms with Gasteiger partial charge in [-0.3, -0.25) is 14.6 Å². The Morgan fingerprint density at radius 2 is 2.24 bits per heavy atom. The third-order valence-corrected chi connectivity index (χ3v) is 4.08. The summed E-state index contributed by atoms with van der Waals surface area (Å²) in [5, 5.41) is 3.26. The van der Waals surface area contributed by atoms with Crippen LogP contribution in [0.5, 0.6) is 0 Å². The Balaban J connectivity index is 1.76. The second-order valence-corrected chi connectivity index (χ2v) is 5.72. The van der Waals surface area contributed by atoms with E-state index < -0.39 is 0 Å². The van der Waals surface area contributed by atoms with Crippen LogP contribution in [0, 0.1) is 0 Å². The molecule has 0 unspecified atom stereocenters. The minimum absolute atomic E-state index is 0.136. The van der Waals surface area contributed by atoms with Crippen molar-refractivity contribution < 1.29 is 9.59 Å². The van der Waals surface area contributed by atoms with Crippen LogP contribution in [-0.4, -0.2) is 38.2 Å². The summed E-state index contributed by atoms with van der Waals surface area (Å²) >= 11 is 1.41. The molecule has 3 heterocycles. The molecular formula is C13H13N5O2S. The zero-order valence-corrected chi connectivity index (χ0v) is 12.2. The molecule has 108 valence electrons. The molecule has 0 aliphatic carbocycles. The molecule has 0 saturated heterocycles. The predicted molar refractivity (Wildman–Crippen MR) is 76.9 cm³/mol. The van der Waals surface area contributed by atoms with E-state index in [1.807, 2.05) is 0 Å². The molecule has 0 bridgehead atoms. The highest BCUT2D eigenvalue weighted by Crippen LogP contribution is 2.28. The third-order valence-electron chi connectivity index (χ3n) is 3.08. The van der Waals surface area contributed by atoms with Gasteiger partial charge in [-0.2, -0.15) is 0 Å². The van der Waals surface area contributed by atoms with E-state index in [0.29, 0.717) is 30.3 Å². The maximum Gasteiger partial charge on any atom is 0.274 e. The number of fused-ring (bicyclic) bond motifs is 1. The van der Waals surface area contributed by atoms with Gasteiger partial charge in [0.25, 0.3) is 5.91 Å². The maximum absolute atomic E-state index is 12.3. The predicted octanol–water partition coefficient (Wildman–Crippen LogP) is 1.09. The van der Waals surface area contributed by atoms with Gasteiger partial charge in [-0.15, -0.1) is 0 Å². The molecule has 0 spiro atoms. The van der Waals surface area contributed by atoms with E-state index in [9.17, 15) is 9.59 Å². The Kier molecular flexibility index (Phi) is 3.61. The first kappa shape index (κ1) is 13.6. The number of thiazole rings is 1. The zero-order valence-electron chi connectivity index (χ0n) is 11.4. The number of rotatable bonds is 2. The second-order valence-electron chi connectivity index (χ2n) is 4.64. The van der Waals surface area contributed by atoms with Crippen LogP contribution in [-0.2, 0) is 17.8 Å². The van der Waals surface area contributed by atoms with E-state index in [-0.39, 0.29) is 11.8 Å². The number of carbonyl (C=O) groups is 2. The molecule has 0 saturated carbocycles. The van der Waals surface area contributed by atoms with Crippen LogP contribution in [0.25, 0.3) is 0 Å². The molecule has 1 aliphatic rings. The van der Waals surface area contributed by atoms with Crippen molar-refractivity contribution in [3.63, 3.8) is 0 Å². The average molecular weight is 303 g/mol. The number of hydrogen-bond donors (Lipinski definition) is 1. The quantitative estimate of drug-likeness (QED) is 0.897. The molecule has 0 radical (unpaired) electrons. The highest BCUT2D eigenvalue weighted by atomic mass is 32.1. The molecular weight excluding hydrogens is 290 g/mol. The Bertz CT molecular complexity index is 685. The SMILES string of the molecule is CC(=O)Nc1nc2c(s1)CN(C(=O)c1cnccn1)CC2. The Morgan fingerprint density at radius 3 is 2.95 bits per heavy atom. The lowest BCUT2D eigenvalue weighted by atomic mass is 10.1. The summed E-state index contributed by atoms with van der Waals surface area (Å²) < 4.78 is 0. The average Bonchev–Trinajstić information content (AvgIpc) is 2.87. The Morgan fingerprint density at radius 1 is 1.38 bits per heavy atom. The lowest BCUT2D eigenvalue weighted by Gasteiger charge is -2.25. The minimum atomic E-state index is -0.145. The molecule has 0 atom stereocenters. The first-order valence-electron chi connectivity index (χ1n) is 6.45. The fourth-order valence-electron chi connectivity index (χ4n) is 2.14. The van der Waals surface area contributed by atoms with Crippen LogP contribution in [0.1, 0.15) is 28.0 Å². The van der Waals surface area contributed by atoms with Crippen molar-refractivity contribution in [1.82, 2.24) is 19.9 Å². The summed E-state index contributed by atoms with van der Waals surface area (Å²) in [6, 6.07) is 0. The minimum Gasteiger partial charge on any atom is -0.332 e. The van der Waals surface area contributed by atoms with Crippen molar-refractivity contribution in [2.75, 3.05) is 11.9 Å². The number of nitrogens with zero attached hydrogens (tertiary/aromatic N) is 4. The molecule has 0 fully saturated rings.